The Balaban J connectivity index is 0.00000320. The molecule has 0 aliphatic carbocycles. The van der Waals surface area contributed by atoms with E-state index in [0.29, 0.717) is 25.6 Å². The van der Waals surface area contributed by atoms with E-state index in [1.54, 1.807) is 4.68 Å². The van der Waals surface area contributed by atoms with E-state index in [0.717, 1.165) is 17.9 Å². The average molecular weight is 435 g/mol. The summed E-state index contributed by atoms with van der Waals surface area (Å²) in [6.45, 7) is 11.4. The summed E-state index contributed by atoms with van der Waals surface area (Å²) in [7, 11) is 1.91. The average Bonchev–Trinajstić information content (AvgIpc) is 3.33. The van der Waals surface area contributed by atoms with Crippen molar-refractivity contribution >= 4 is 18.3 Å². The molecule has 1 saturated heterocycles. The monoisotopic (exact) mass is 434 g/mol. The number of hydrogen-bond acceptors (Lipinski definition) is 4. The summed E-state index contributed by atoms with van der Waals surface area (Å²) in [5, 5.41) is 10.8. The lowest BCUT2D eigenvalue weighted by Gasteiger charge is -2.27. The van der Waals surface area contributed by atoms with Gasteiger partial charge >= 0.3 is 0 Å². The van der Waals surface area contributed by atoms with Gasteiger partial charge in [-0.2, -0.15) is 5.10 Å². The molecule has 0 unspecified atom stereocenters. The number of aryl methyl sites for hydroxylation is 1. The van der Waals surface area contributed by atoms with Crippen LogP contribution in [0.5, 0.6) is 5.75 Å². The van der Waals surface area contributed by atoms with Crippen LogP contribution < -0.4 is 15.4 Å². The molecule has 2 heterocycles. The Kier molecular flexibility index (Phi) is 8.33. The van der Waals surface area contributed by atoms with Crippen LogP contribution in [0.2, 0.25) is 0 Å². The van der Waals surface area contributed by atoms with Crippen LogP contribution in [-0.2, 0) is 17.3 Å². The maximum atomic E-state index is 12.9. The molecule has 166 valence electrons. The third-order valence-corrected chi connectivity index (χ3v) is 5.63. The van der Waals surface area contributed by atoms with Gasteiger partial charge in [-0.05, 0) is 29.2 Å². The summed E-state index contributed by atoms with van der Waals surface area (Å²) >= 11 is 0. The Morgan fingerprint density at radius 3 is 2.60 bits per heavy atom. The lowest BCUT2D eigenvalue weighted by atomic mass is 9.84. The number of halogens is 1. The van der Waals surface area contributed by atoms with Crippen LogP contribution in [0.4, 0.5) is 0 Å². The highest BCUT2D eigenvalue weighted by Gasteiger charge is 2.35. The van der Waals surface area contributed by atoms with Crippen molar-refractivity contribution in [1.82, 2.24) is 20.4 Å². The van der Waals surface area contributed by atoms with Crippen molar-refractivity contribution < 1.29 is 9.53 Å². The quantitative estimate of drug-likeness (QED) is 0.669. The standard InChI is InChI=1S/C23H34N4O2.ClH/c1-16(2)14-29-19-8-6-18(7-9-19)23(3,4)15-25-22(28)21-12-24-11-20(21)17-10-26-27(5)13-17;/h6-10,13,16,20-21,24H,11-12,14-15H2,1-5H3,(H,25,28);1H/t20-,21+;/m1./s1. The van der Waals surface area contributed by atoms with Gasteiger partial charge in [0.05, 0.1) is 18.7 Å². The third-order valence-electron chi connectivity index (χ3n) is 5.63. The van der Waals surface area contributed by atoms with Gasteiger partial charge in [0.2, 0.25) is 5.91 Å². The van der Waals surface area contributed by atoms with E-state index in [-0.39, 0.29) is 35.6 Å². The second kappa shape index (κ2) is 10.3. The van der Waals surface area contributed by atoms with Crippen LogP contribution in [0.1, 0.15) is 44.7 Å². The maximum absolute atomic E-state index is 12.9. The molecule has 0 saturated carbocycles. The van der Waals surface area contributed by atoms with Gasteiger partial charge in [-0.1, -0.05) is 39.8 Å². The SMILES string of the molecule is CC(C)COc1ccc(C(C)(C)CNC(=O)[C@H]2CNC[C@@H]2c2cnn(C)c2)cc1.Cl. The Morgan fingerprint density at radius 2 is 2.00 bits per heavy atom. The smallest absolute Gasteiger partial charge is 0.225 e. The van der Waals surface area contributed by atoms with Crippen molar-refractivity contribution in [1.29, 1.82) is 0 Å². The summed E-state index contributed by atoms with van der Waals surface area (Å²) in [4.78, 5) is 12.9. The van der Waals surface area contributed by atoms with E-state index in [4.69, 9.17) is 4.74 Å². The van der Waals surface area contributed by atoms with Gasteiger partial charge < -0.3 is 15.4 Å². The highest BCUT2D eigenvalue weighted by Crippen LogP contribution is 2.29. The predicted molar refractivity (Wildman–Crippen MR) is 122 cm³/mol. The Bertz CT molecular complexity index is 817. The van der Waals surface area contributed by atoms with Crippen LogP contribution in [0, 0.1) is 11.8 Å². The van der Waals surface area contributed by atoms with Crippen molar-refractivity contribution in [2.75, 3.05) is 26.2 Å². The fourth-order valence-corrected chi connectivity index (χ4v) is 3.74. The van der Waals surface area contributed by atoms with Gasteiger partial charge in [0.15, 0.2) is 0 Å². The second-order valence-electron chi connectivity index (χ2n) is 9.15. The number of ether oxygens (including phenoxy) is 1. The van der Waals surface area contributed by atoms with Crippen molar-refractivity contribution in [3.05, 3.63) is 47.8 Å². The van der Waals surface area contributed by atoms with E-state index in [1.807, 2.05) is 31.6 Å². The molecular weight excluding hydrogens is 400 g/mol. The first-order valence-electron chi connectivity index (χ1n) is 10.5. The highest BCUT2D eigenvalue weighted by atomic mass is 35.5. The number of hydrogen-bond donors (Lipinski definition) is 2. The van der Waals surface area contributed by atoms with Crippen LogP contribution in [0.3, 0.4) is 0 Å². The zero-order valence-electron chi connectivity index (χ0n) is 18.6. The first-order valence-corrected chi connectivity index (χ1v) is 10.5. The first-order chi connectivity index (χ1) is 13.8. The van der Waals surface area contributed by atoms with Crippen LogP contribution in [-0.4, -0.2) is 41.9 Å². The molecule has 3 rings (SSSR count). The van der Waals surface area contributed by atoms with E-state index in [9.17, 15) is 4.79 Å². The van der Waals surface area contributed by atoms with Crippen molar-refractivity contribution in [2.45, 2.75) is 39.0 Å². The molecule has 1 aromatic heterocycles. The topological polar surface area (TPSA) is 68.2 Å². The van der Waals surface area contributed by atoms with Crippen molar-refractivity contribution in [3.63, 3.8) is 0 Å². The zero-order valence-corrected chi connectivity index (χ0v) is 19.5. The number of carbonyl (C=O) groups is 1. The Hall–Kier alpha value is -2.05. The molecule has 1 amide bonds. The minimum atomic E-state index is -0.165. The predicted octanol–water partition coefficient (Wildman–Crippen LogP) is 3.27. The fraction of sp³-hybridized carbons (Fsp3) is 0.565. The largest absolute Gasteiger partial charge is 0.493 e. The van der Waals surface area contributed by atoms with E-state index in [2.05, 4.69) is 55.6 Å². The summed E-state index contributed by atoms with van der Waals surface area (Å²) in [5.74, 6) is 1.60. The first kappa shape index (κ1) is 24.2. The highest BCUT2D eigenvalue weighted by molar-refractivity contribution is 5.85. The molecule has 2 atom stereocenters. The normalized spacial score (nSPS) is 18.9. The fourth-order valence-electron chi connectivity index (χ4n) is 3.74. The van der Waals surface area contributed by atoms with E-state index in [1.165, 1.54) is 5.56 Å². The van der Waals surface area contributed by atoms with Gasteiger partial charge in [-0.25, -0.2) is 0 Å². The Labute approximate surface area is 186 Å². The van der Waals surface area contributed by atoms with Crippen molar-refractivity contribution in [3.8, 4) is 5.75 Å². The molecule has 2 N–H and O–H groups in total. The number of rotatable bonds is 8. The van der Waals surface area contributed by atoms with E-state index < -0.39 is 0 Å². The minimum Gasteiger partial charge on any atom is -0.493 e. The molecule has 7 heteroatoms. The lowest BCUT2D eigenvalue weighted by Crippen LogP contribution is -2.41. The number of amides is 1. The zero-order chi connectivity index (χ0) is 21.0. The molecule has 1 aliphatic heterocycles. The van der Waals surface area contributed by atoms with Gasteiger partial charge in [0.1, 0.15) is 5.75 Å². The second-order valence-corrected chi connectivity index (χ2v) is 9.15. The van der Waals surface area contributed by atoms with Crippen LogP contribution >= 0.6 is 12.4 Å². The van der Waals surface area contributed by atoms with Crippen molar-refractivity contribution in [2.24, 2.45) is 18.9 Å². The Morgan fingerprint density at radius 1 is 1.30 bits per heavy atom. The molecule has 30 heavy (non-hydrogen) atoms. The number of benzene rings is 1. The van der Waals surface area contributed by atoms with Gasteiger partial charge in [-0.15, -0.1) is 12.4 Å². The number of aromatic nitrogens is 2. The van der Waals surface area contributed by atoms with Crippen LogP contribution in [0.25, 0.3) is 0 Å². The number of nitrogens with one attached hydrogen (secondary N) is 2. The molecular formula is C23H35ClN4O2. The molecule has 1 aromatic carbocycles. The third kappa shape index (κ3) is 5.99. The van der Waals surface area contributed by atoms with E-state index >= 15 is 0 Å². The summed E-state index contributed by atoms with van der Waals surface area (Å²) in [6.07, 6.45) is 3.87. The molecule has 6 nitrogen and oxygen atoms in total. The molecule has 0 spiro atoms. The molecule has 2 aromatic rings. The van der Waals surface area contributed by atoms with Gasteiger partial charge in [0, 0.05) is 44.2 Å². The molecule has 1 fully saturated rings. The number of nitrogens with zero attached hydrogens (tertiary/aromatic N) is 2. The maximum Gasteiger partial charge on any atom is 0.225 e. The van der Waals surface area contributed by atoms with Crippen LogP contribution in [0.15, 0.2) is 36.7 Å². The number of carbonyl (C=O) groups excluding carboxylic acids is 1. The molecule has 0 radical (unpaired) electrons. The lowest BCUT2D eigenvalue weighted by molar-refractivity contribution is -0.125. The minimum absolute atomic E-state index is 0. The molecule has 1 aliphatic rings. The van der Waals surface area contributed by atoms with Gasteiger partial charge in [0.25, 0.3) is 0 Å². The molecule has 0 bridgehead atoms. The summed E-state index contributed by atoms with van der Waals surface area (Å²) < 4.78 is 7.56. The van der Waals surface area contributed by atoms with Gasteiger partial charge in [-0.3, -0.25) is 9.48 Å². The summed E-state index contributed by atoms with van der Waals surface area (Å²) in [6, 6.07) is 8.22. The summed E-state index contributed by atoms with van der Waals surface area (Å²) in [5.41, 5.74) is 2.14.